The van der Waals surface area contributed by atoms with Crippen LogP contribution in [0.15, 0.2) is 53.5 Å². The number of nitrogens with zero attached hydrogens (tertiary/aromatic N) is 4. The van der Waals surface area contributed by atoms with Crippen LogP contribution in [0.5, 0.6) is 0 Å². The Balaban J connectivity index is 1.66. The number of rotatable bonds is 3. The van der Waals surface area contributed by atoms with Crippen LogP contribution < -0.4 is 10.5 Å². The minimum absolute atomic E-state index is 0.112. The van der Waals surface area contributed by atoms with Crippen LogP contribution in [0.1, 0.15) is 18.2 Å². The number of carbonyl (C=O) groups is 2. The fourth-order valence-corrected chi connectivity index (χ4v) is 3.31. The number of hydrogen-bond donors (Lipinski definition) is 0. The first-order valence-corrected chi connectivity index (χ1v) is 8.74. The van der Waals surface area contributed by atoms with E-state index in [0.29, 0.717) is 17.0 Å². The molecule has 0 radical (unpaired) electrons. The molecule has 3 heterocycles. The topological polar surface area (TPSA) is 75.0 Å². The van der Waals surface area contributed by atoms with Crippen LogP contribution in [-0.4, -0.2) is 32.3 Å². The maximum Gasteiger partial charge on any atom is 0.332 e. The summed E-state index contributed by atoms with van der Waals surface area (Å²) < 4.78 is 14.6. The number of anilines is 1. The predicted molar refractivity (Wildman–Crippen MR) is 100 cm³/mol. The molecule has 8 heteroatoms. The number of fused-ring (bicyclic) bond motifs is 1. The second-order valence-electron chi connectivity index (χ2n) is 6.75. The number of urea groups is 1. The minimum atomic E-state index is -0.734. The van der Waals surface area contributed by atoms with E-state index < -0.39 is 23.8 Å². The van der Waals surface area contributed by atoms with E-state index in [0.717, 1.165) is 10.5 Å². The van der Waals surface area contributed by atoms with Crippen molar-refractivity contribution in [1.82, 2.24) is 14.3 Å². The number of pyridine rings is 1. The molecule has 4 rings (SSSR count). The first-order chi connectivity index (χ1) is 13.3. The SMILES string of the molecule is Cc1ccc2nc(CN3C(=O)C(C)N(c4ccc(F)cc4)C3=O)cc(=O)n2c1. The smallest absolute Gasteiger partial charge is 0.282 e. The zero-order valence-corrected chi connectivity index (χ0v) is 15.3. The van der Waals surface area contributed by atoms with E-state index in [4.69, 9.17) is 0 Å². The molecule has 142 valence electrons. The molecule has 3 aromatic rings. The highest BCUT2D eigenvalue weighted by molar-refractivity contribution is 6.13. The maximum absolute atomic E-state index is 13.2. The normalized spacial score (nSPS) is 17.0. The lowest BCUT2D eigenvalue weighted by atomic mass is 10.2. The molecule has 0 aliphatic carbocycles. The summed E-state index contributed by atoms with van der Waals surface area (Å²) in [4.78, 5) is 44.6. The lowest BCUT2D eigenvalue weighted by molar-refractivity contribution is -0.127. The second kappa shape index (κ2) is 6.56. The van der Waals surface area contributed by atoms with Gasteiger partial charge >= 0.3 is 6.03 Å². The molecule has 1 atom stereocenters. The molecular formula is C20H17FN4O3. The van der Waals surface area contributed by atoms with Gasteiger partial charge in [0.05, 0.1) is 12.2 Å². The molecule has 1 aliphatic rings. The summed E-state index contributed by atoms with van der Waals surface area (Å²) in [7, 11) is 0. The third-order valence-electron chi connectivity index (χ3n) is 4.73. The van der Waals surface area contributed by atoms with E-state index in [1.54, 1.807) is 19.2 Å². The van der Waals surface area contributed by atoms with Crippen molar-refractivity contribution in [2.45, 2.75) is 26.4 Å². The average Bonchev–Trinajstić information content (AvgIpc) is 2.87. The monoisotopic (exact) mass is 380 g/mol. The van der Waals surface area contributed by atoms with Crippen molar-refractivity contribution < 1.29 is 14.0 Å². The highest BCUT2D eigenvalue weighted by atomic mass is 19.1. The zero-order chi connectivity index (χ0) is 20.0. The van der Waals surface area contributed by atoms with Gasteiger partial charge in [-0.2, -0.15) is 0 Å². The molecule has 1 aliphatic heterocycles. The highest BCUT2D eigenvalue weighted by Gasteiger charge is 2.43. The number of benzene rings is 1. The van der Waals surface area contributed by atoms with Crippen molar-refractivity contribution in [3.05, 3.63) is 76.1 Å². The van der Waals surface area contributed by atoms with Crippen LogP contribution in [0.25, 0.3) is 5.65 Å². The van der Waals surface area contributed by atoms with Crippen LogP contribution >= 0.6 is 0 Å². The molecule has 1 aromatic carbocycles. The summed E-state index contributed by atoms with van der Waals surface area (Å²) in [5.74, 6) is -0.831. The summed E-state index contributed by atoms with van der Waals surface area (Å²) in [6.45, 7) is 3.36. The molecule has 28 heavy (non-hydrogen) atoms. The van der Waals surface area contributed by atoms with E-state index in [1.165, 1.54) is 39.6 Å². The van der Waals surface area contributed by atoms with Crippen molar-refractivity contribution in [2.75, 3.05) is 4.90 Å². The molecule has 3 amide bonds. The summed E-state index contributed by atoms with van der Waals surface area (Å²) in [5, 5.41) is 0. The van der Waals surface area contributed by atoms with Gasteiger partial charge in [0.15, 0.2) is 0 Å². The van der Waals surface area contributed by atoms with Crippen molar-refractivity contribution >= 4 is 23.3 Å². The van der Waals surface area contributed by atoms with Crippen LogP contribution in [0.2, 0.25) is 0 Å². The molecule has 2 aromatic heterocycles. The Hall–Kier alpha value is -3.55. The average molecular weight is 380 g/mol. The first kappa shape index (κ1) is 17.8. The number of amides is 3. The Kier molecular flexibility index (Phi) is 4.18. The molecule has 0 N–H and O–H groups in total. The minimum Gasteiger partial charge on any atom is -0.282 e. The van der Waals surface area contributed by atoms with Gasteiger partial charge in [-0.25, -0.2) is 14.2 Å². The fourth-order valence-electron chi connectivity index (χ4n) is 3.31. The quantitative estimate of drug-likeness (QED) is 0.655. The fraction of sp³-hybridized carbons (Fsp3) is 0.200. The summed E-state index contributed by atoms with van der Waals surface area (Å²) in [6, 6.07) is 8.95. The van der Waals surface area contributed by atoms with E-state index in [1.807, 2.05) is 13.0 Å². The number of imide groups is 1. The number of hydrogen-bond acceptors (Lipinski definition) is 4. The molecule has 1 unspecified atom stereocenters. The Morgan fingerprint density at radius 2 is 1.79 bits per heavy atom. The van der Waals surface area contributed by atoms with Gasteiger partial charge in [-0.15, -0.1) is 0 Å². The van der Waals surface area contributed by atoms with Crippen LogP contribution in [0.4, 0.5) is 14.9 Å². The Bertz CT molecular complexity index is 1160. The number of carbonyl (C=O) groups excluding carboxylic acids is 2. The van der Waals surface area contributed by atoms with E-state index in [9.17, 15) is 18.8 Å². The van der Waals surface area contributed by atoms with Crippen LogP contribution in [0.3, 0.4) is 0 Å². The molecule has 1 fully saturated rings. The maximum atomic E-state index is 13.2. The molecule has 0 spiro atoms. The van der Waals surface area contributed by atoms with Crippen molar-refractivity contribution in [3.63, 3.8) is 0 Å². The van der Waals surface area contributed by atoms with Gasteiger partial charge in [0.25, 0.3) is 11.5 Å². The van der Waals surface area contributed by atoms with Crippen molar-refractivity contribution in [2.24, 2.45) is 0 Å². The van der Waals surface area contributed by atoms with Gasteiger partial charge in [0, 0.05) is 18.0 Å². The number of aromatic nitrogens is 2. The van der Waals surface area contributed by atoms with Crippen molar-refractivity contribution in [1.29, 1.82) is 0 Å². The molecule has 7 nitrogen and oxygen atoms in total. The lowest BCUT2D eigenvalue weighted by Crippen LogP contribution is -2.34. The highest BCUT2D eigenvalue weighted by Crippen LogP contribution is 2.26. The zero-order valence-electron chi connectivity index (χ0n) is 15.3. The Morgan fingerprint density at radius 1 is 1.07 bits per heavy atom. The number of halogens is 1. The summed E-state index contributed by atoms with van der Waals surface area (Å²) in [5.41, 5.74) is 1.82. The summed E-state index contributed by atoms with van der Waals surface area (Å²) >= 11 is 0. The van der Waals surface area contributed by atoms with E-state index in [-0.39, 0.29) is 12.1 Å². The second-order valence-corrected chi connectivity index (χ2v) is 6.75. The molecule has 0 saturated carbocycles. The number of aryl methyl sites for hydroxylation is 1. The van der Waals surface area contributed by atoms with Gasteiger partial charge < -0.3 is 0 Å². The lowest BCUT2D eigenvalue weighted by Gasteiger charge is -2.19. The third kappa shape index (κ3) is 2.92. The third-order valence-corrected chi connectivity index (χ3v) is 4.73. The Morgan fingerprint density at radius 3 is 2.50 bits per heavy atom. The van der Waals surface area contributed by atoms with Gasteiger partial charge in [-0.05, 0) is 49.7 Å². The standard InChI is InChI=1S/C20H17FN4O3/c1-12-3-8-17-22-15(9-18(26)23(17)10-12)11-24-19(27)13(2)25(20(24)28)16-6-4-14(21)5-7-16/h3-10,13H,11H2,1-2H3. The molecule has 0 bridgehead atoms. The van der Waals surface area contributed by atoms with Crippen LogP contribution in [0, 0.1) is 12.7 Å². The van der Waals surface area contributed by atoms with Gasteiger partial charge in [-0.1, -0.05) is 6.07 Å². The van der Waals surface area contributed by atoms with Gasteiger partial charge in [0.2, 0.25) is 0 Å². The van der Waals surface area contributed by atoms with Gasteiger partial charge in [-0.3, -0.25) is 23.8 Å². The summed E-state index contributed by atoms with van der Waals surface area (Å²) in [6.07, 6.45) is 1.68. The first-order valence-electron chi connectivity index (χ1n) is 8.74. The van der Waals surface area contributed by atoms with Crippen molar-refractivity contribution in [3.8, 4) is 0 Å². The van der Waals surface area contributed by atoms with E-state index >= 15 is 0 Å². The predicted octanol–water partition coefficient (Wildman–Crippen LogP) is 2.50. The molecule has 1 saturated heterocycles. The van der Waals surface area contributed by atoms with Gasteiger partial charge in [0.1, 0.15) is 17.5 Å². The Labute approximate surface area is 159 Å². The van der Waals surface area contributed by atoms with E-state index in [2.05, 4.69) is 4.98 Å². The largest absolute Gasteiger partial charge is 0.332 e. The van der Waals surface area contributed by atoms with Crippen LogP contribution in [-0.2, 0) is 11.3 Å². The molecular weight excluding hydrogens is 363 g/mol.